The number of carbonyl (C=O) groups is 1. The van der Waals surface area contributed by atoms with Crippen molar-refractivity contribution in [3.05, 3.63) is 80.4 Å². The Labute approximate surface area is 190 Å². The number of benzene rings is 2. The summed E-state index contributed by atoms with van der Waals surface area (Å²) >= 11 is 6.33. The van der Waals surface area contributed by atoms with Crippen molar-refractivity contribution >= 4 is 17.5 Å². The second-order valence-corrected chi connectivity index (χ2v) is 7.42. The van der Waals surface area contributed by atoms with Crippen LogP contribution in [-0.2, 0) is 11.4 Å². The Balaban J connectivity index is 1.95. The molecule has 0 N–H and O–H groups in total. The average Bonchev–Trinajstić information content (AvgIpc) is 2.81. The van der Waals surface area contributed by atoms with Crippen molar-refractivity contribution in [3.63, 3.8) is 0 Å². The fourth-order valence-electron chi connectivity index (χ4n) is 3.08. The van der Waals surface area contributed by atoms with E-state index in [0.717, 1.165) is 21.9 Å². The summed E-state index contributed by atoms with van der Waals surface area (Å²) in [6.45, 7) is 3.69. The molecule has 2 aromatic carbocycles. The number of aromatic nitrogens is 2. The van der Waals surface area contributed by atoms with Crippen LogP contribution in [0.5, 0.6) is 11.6 Å². The minimum atomic E-state index is -0.489. The lowest BCUT2D eigenvalue weighted by Gasteiger charge is -2.17. The molecule has 3 rings (SSSR count). The van der Waals surface area contributed by atoms with Crippen molar-refractivity contribution < 1.29 is 19.1 Å². The van der Waals surface area contributed by atoms with E-state index in [2.05, 4.69) is 4.98 Å². The number of carbonyl (C=O) groups excluding carboxylic acids is 1. The molecule has 3 aromatic rings. The number of methoxy groups -OCH3 is 1. The summed E-state index contributed by atoms with van der Waals surface area (Å²) in [4.78, 5) is 34.9. The fourth-order valence-corrected chi connectivity index (χ4v) is 3.26. The van der Waals surface area contributed by atoms with E-state index < -0.39 is 5.56 Å². The molecule has 0 aliphatic carbocycles. The second kappa shape index (κ2) is 9.84. The van der Waals surface area contributed by atoms with Crippen molar-refractivity contribution in [3.8, 4) is 17.3 Å². The lowest BCUT2D eigenvalue weighted by Crippen LogP contribution is -2.27. The summed E-state index contributed by atoms with van der Waals surface area (Å²) in [5, 5.41) is 0.958. The van der Waals surface area contributed by atoms with Gasteiger partial charge in [-0.15, -0.1) is 0 Å². The van der Waals surface area contributed by atoms with Crippen LogP contribution in [0.4, 0.5) is 0 Å². The van der Waals surface area contributed by atoms with E-state index in [1.807, 2.05) is 31.2 Å². The van der Waals surface area contributed by atoms with Gasteiger partial charge in [0.15, 0.2) is 5.02 Å². The largest absolute Gasteiger partial charge is 0.497 e. The lowest BCUT2D eigenvalue weighted by molar-refractivity contribution is -0.0757. The number of halogens is 1. The van der Waals surface area contributed by atoms with Gasteiger partial charge in [0.05, 0.1) is 19.9 Å². The molecule has 1 heterocycles. The Morgan fingerprint density at radius 2 is 1.81 bits per heavy atom. The SMILES string of the molecule is COc1ccc(COc2nc(C)n(-c3cc(C(=O)N(C)OC)ccc3C)c(=O)c2Cl)cc1. The number of hydroxylamine groups is 2. The van der Waals surface area contributed by atoms with Gasteiger partial charge in [0.25, 0.3) is 11.5 Å². The van der Waals surface area contributed by atoms with Crippen LogP contribution in [0.2, 0.25) is 5.02 Å². The zero-order valence-corrected chi connectivity index (χ0v) is 19.3. The molecule has 32 heavy (non-hydrogen) atoms. The second-order valence-electron chi connectivity index (χ2n) is 7.04. The Morgan fingerprint density at radius 1 is 1.12 bits per heavy atom. The molecule has 1 amide bonds. The number of aryl methyl sites for hydroxylation is 2. The number of hydrogen-bond donors (Lipinski definition) is 0. The third-order valence-electron chi connectivity index (χ3n) is 4.96. The van der Waals surface area contributed by atoms with Gasteiger partial charge in [-0.2, -0.15) is 4.98 Å². The van der Waals surface area contributed by atoms with Crippen LogP contribution in [-0.4, -0.2) is 41.8 Å². The maximum absolute atomic E-state index is 13.1. The van der Waals surface area contributed by atoms with E-state index in [1.54, 1.807) is 32.2 Å². The first-order valence-electron chi connectivity index (χ1n) is 9.75. The van der Waals surface area contributed by atoms with Gasteiger partial charge in [0.2, 0.25) is 5.88 Å². The highest BCUT2D eigenvalue weighted by atomic mass is 35.5. The molecule has 0 radical (unpaired) electrons. The molecule has 9 heteroatoms. The molecule has 0 bridgehead atoms. The topological polar surface area (TPSA) is 82.9 Å². The van der Waals surface area contributed by atoms with E-state index in [1.165, 1.54) is 18.7 Å². The molecule has 0 atom stereocenters. The number of hydrogen-bond acceptors (Lipinski definition) is 6. The first-order valence-corrected chi connectivity index (χ1v) is 10.1. The normalized spacial score (nSPS) is 10.7. The Kier molecular flexibility index (Phi) is 7.17. The van der Waals surface area contributed by atoms with Gasteiger partial charge >= 0.3 is 0 Å². The molecule has 0 aliphatic rings. The standard InChI is InChI=1S/C23H24ClN3O5/c1-14-6-9-17(22(28)26(3)31-5)12-19(14)27-15(2)25-21(20(24)23(27)29)32-13-16-7-10-18(30-4)11-8-16/h6-12H,13H2,1-5H3. The Hall–Kier alpha value is -3.36. The third-order valence-corrected chi connectivity index (χ3v) is 5.28. The van der Waals surface area contributed by atoms with Crippen LogP contribution in [0.3, 0.4) is 0 Å². The van der Waals surface area contributed by atoms with E-state index in [0.29, 0.717) is 17.1 Å². The molecule has 1 aromatic heterocycles. The van der Waals surface area contributed by atoms with Crippen molar-refractivity contribution in [2.24, 2.45) is 0 Å². The van der Waals surface area contributed by atoms with Crippen LogP contribution < -0.4 is 15.0 Å². The molecular formula is C23H24ClN3O5. The van der Waals surface area contributed by atoms with Gasteiger partial charge in [-0.25, -0.2) is 5.06 Å². The molecule has 0 spiro atoms. The summed E-state index contributed by atoms with van der Waals surface area (Å²) in [6, 6.07) is 12.4. The maximum Gasteiger partial charge on any atom is 0.280 e. The number of nitrogens with zero attached hydrogens (tertiary/aromatic N) is 3. The molecule has 0 fully saturated rings. The van der Waals surface area contributed by atoms with E-state index in [9.17, 15) is 9.59 Å². The first kappa shape index (κ1) is 23.3. The van der Waals surface area contributed by atoms with Crippen molar-refractivity contribution in [2.75, 3.05) is 21.3 Å². The van der Waals surface area contributed by atoms with Gasteiger partial charge < -0.3 is 9.47 Å². The highest BCUT2D eigenvalue weighted by Gasteiger charge is 2.19. The minimum absolute atomic E-state index is 0.0465. The number of amides is 1. The van der Waals surface area contributed by atoms with Crippen molar-refractivity contribution in [1.82, 2.24) is 14.6 Å². The number of rotatable bonds is 7. The molecule has 168 valence electrons. The average molecular weight is 458 g/mol. The fraction of sp³-hybridized carbons (Fsp3) is 0.261. The smallest absolute Gasteiger partial charge is 0.280 e. The molecule has 0 saturated heterocycles. The van der Waals surface area contributed by atoms with E-state index in [4.69, 9.17) is 25.9 Å². The monoisotopic (exact) mass is 457 g/mol. The maximum atomic E-state index is 13.1. The van der Waals surface area contributed by atoms with Crippen molar-refractivity contribution in [2.45, 2.75) is 20.5 Å². The van der Waals surface area contributed by atoms with Crippen molar-refractivity contribution in [1.29, 1.82) is 0 Å². The predicted molar refractivity (Wildman–Crippen MR) is 121 cm³/mol. The Bertz CT molecular complexity index is 1190. The van der Waals surface area contributed by atoms with Crippen LogP contribution in [0.15, 0.2) is 47.3 Å². The van der Waals surface area contributed by atoms with Crippen LogP contribution >= 0.6 is 11.6 Å². The summed E-state index contributed by atoms with van der Waals surface area (Å²) in [6.07, 6.45) is 0. The van der Waals surface area contributed by atoms with Gasteiger partial charge in [-0.3, -0.25) is 19.0 Å². The molecule has 8 nitrogen and oxygen atoms in total. The highest BCUT2D eigenvalue weighted by molar-refractivity contribution is 6.31. The van der Waals surface area contributed by atoms with E-state index >= 15 is 0 Å². The van der Waals surface area contributed by atoms with E-state index in [-0.39, 0.29) is 23.4 Å². The quantitative estimate of drug-likeness (QED) is 0.503. The lowest BCUT2D eigenvalue weighted by atomic mass is 10.1. The summed E-state index contributed by atoms with van der Waals surface area (Å²) < 4.78 is 12.2. The molecule has 0 aliphatic heterocycles. The third kappa shape index (κ3) is 4.76. The van der Waals surface area contributed by atoms with Gasteiger partial charge in [0.1, 0.15) is 18.2 Å². The molecule has 0 saturated carbocycles. The minimum Gasteiger partial charge on any atom is -0.497 e. The first-order chi connectivity index (χ1) is 15.3. The van der Waals surface area contributed by atoms with Gasteiger partial charge in [-0.1, -0.05) is 29.8 Å². The molecular weight excluding hydrogens is 434 g/mol. The zero-order chi connectivity index (χ0) is 23.4. The Morgan fingerprint density at radius 3 is 2.44 bits per heavy atom. The van der Waals surface area contributed by atoms with Gasteiger partial charge in [0, 0.05) is 12.6 Å². The summed E-state index contributed by atoms with van der Waals surface area (Å²) in [7, 11) is 4.50. The molecule has 0 unspecified atom stereocenters. The summed E-state index contributed by atoms with van der Waals surface area (Å²) in [5.74, 6) is 0.802. The van der Waals surface area contributed by atoms with Gasteiger partial charge in [-0.05, 0) is 49.2 Å². The number of ether oxygens (including phenoxy) is 2. The summed E-state index contributed by atoms with van der Waals surface area (Å²) in [5.41, 5.74) is 2.01. The predicted octanol–water partition coefficient (Wildman–Crippen LogP) is 3.72. The van der Waals surface area contributed by atoms with Crippen LogP contribution in [0.25, 0.3) is 5.69 Å². The van der Waals surface area contributed by atoms with Crippen LogP contribution in [0, 0.1) is 13.8 Å². The van der Waals surface area contributed by atoms with Crippen LogP contribution in [0.1, 0.15) is 27.3 Å². The zero-order valence-electron chi connectivity index (χ0n) is 18.5. The highest BCUT2D eigenvalue weighted by Crippen LogP contribution is 2.23.